The van der Waals surface area contributed by atoms with Gasteiger partial charge in [-0.25, -0.2) is 17.9 Å². The number of sulfonamides is 1. The number of carbonyl (C=O) groups is 1. The molecule has 0 aliphatic carbocycles. The SMILES string of the molecule is CN1Cc2c(Cl)cc(Cl)cc2C(c2cccc(S(=O)(=O)NCCOCCOCCNC(=O)OC(C)(C)C)c2)C1. The van der Waals surface area contributed by atoms with Crippen LogP contribution in [-0.2, 0) is 30.8 Å². The van der Waals surface area contributed by atoms with Gasteiger partial charge in [-0.15, -0.1) is 0 Å². The van der Waals surface area contributed by atoms with Crippen LogP contribution in [0.25, 0.3) is 0 Å². The Kier molecular flexibility index (Phi) is 11.4. The van der Waals surface area contributed by atoms with E-state index in [9.17, 15) is 13.2 Å². The van der Waals surface area contributed by atoms with E-state index in [-0.39, 0.29) is 24.0 Å². The van der Waals surface area contributed by atoms with Crippen LogP contribution in [0.5, 0.6) is 0 Å². The summed E-state index contributed by atoms with van der Waals surface area (Å²) in [6.45, 7) is 8.34. The van der Waals surface area contributed by atoms with Crippen molar-refractivity contribution in [1.29, 1.82) is 0 Å². The summed E-state index contributed by atoms with van der Waals surface area (Å²) in [6, 6.07) is 10.6. The van der Waals surface area contributed by atoms with E-state index in [1.54, 1.807) is 45.0 Å². The summed E-state index contributed by atoms with van der Waals surface area (Å²) in [5.74, 6) is -0.0623. The second-order valence-corrected chi connectivity index (χ2v) is 12.9. The van der Waals surface area contributed by atoms with Gasteiger partial charge >= 0.3 is 6.09 Å². The molecule has 0 spiro atoms. The summed E-state index contributed by atoms with van der Waals surface area (Å²) in [5.41, 5.74) is 2.35. The van der Waals surface area contributed by atoms with Crippen molar-refractivity contribution in [2.75, 3.05) is 53.1 Å². The van der Waals surface area contributed by atoms with E-state index in [0.29, 0.717) is 49.5 Å². The van der Waals surface area contributed by atoms with Gasteiger partial charge in [0.2, 0.25) is 10.0 Å². The molecule has 9 nitrogen and oxygen atoms in total. The van der Waals surface area contributed by atoms with Crippen molar-refractivity contribution in [3.8, 4) is 0 Å². The maximum absolute atomic E-state index is 12.9. The van der Waals surface area contributed by atoms with Crippen LogP contribution in [0.2, 0.25) is 10.0 Å². The Morgan fingerprint density at radius 2 is 1.74 bits per heavy atom. The Labute approximate surface area is 241 Å². The molecule has 2 N–H and O–H groups in total. The number of likely N-dealkylation sites (N-methyl/N-ethyl adjacent to an activating group) is 1. The zero-order valence-electron chi connectivity index (χ0n) is 22.8. The van der Waals surface area contributed by atoms with E-state index in [1.807, 2.05) is 19.2 Å². The minimum atomic E-state index is -3.73. The molecule has 0 aromatic heterocycles. The molecule has 3 rings (SSSR count). The molecule has 2 aromatic rings. The van der Waals surface area contributed by atoms with Crippen molar-refractivity contribution < 1.29 is 27.4 Å². The van der Waals surface area contributed by atoms with Crippen LogP contribution >= 0.6 is 23.2 Å². The first-order valence-corrected chi connectivity index (χ1v) is 15.0. The lowest BCUT2D eigenvalue weighted by atomic mass is 9.85. The molecule has 0 saturated heterocycles. The Morgan fingerprint density at radius 3 is 2.44 bits per heavy atom. The number of fused-ring (bicyclic) bond motifs is 1. The molecule has 2 aromatic carbocycles. The maximum Gasteiger partial charge on any atom is 0.407 e. The van der Waals surface area contributed by atoms with Crippen molar-refractivity contribution >= 4 is 39.3 Å². The Morgan fingerprint density at radius 1 is 1.05 bits per heavy atom. The zero-order valence-corrected chi connectivity index (χ0v) is 25.1. The summed E-state index contributed by atoms with van der Waals surface area (Å²) in [6.07, 6.45) is -0.496. The molecule has 216 valence electrons. The molecule has 1 unspecified atom stereocenters. The summed E-state index contributed by atoms with van der Waals surface area (Å²) < 4.78 is 44.5. The molecule has 1 heterocycles. The average Bonchev–Trinajstić information content (AvgIpc) is 2.84. The van der Waals surface area contributed by atoms with Crippen LogP contribution in [-0.4, -0.2) is 78.1 Å². The van der Waals surface area contributed by atoms with Gasteiger partial charge in [0, 0.05) is 42.1 Å². The van der Waals surface area contributed by atoms with E-state index in [2.05, 4.69) is 14.9 Å². The number of amides is 1. The van der Waals surface area contributed by atoms with Crippen molar-refractivity contribution in [3.63, 3.8) is 0 Å². The first kappa shape index (κ1) is 31.6. The number of nitrogens with one attached hydrogen (secondary N) is 2. The van der Waals surface area contributed by atoms with Gasteiger partial charge in [0.15, 0.2) is 0 Å². The molecule has 0 fully saturated rings. The fourth-order valence-electron chi connectivity index (χ4n) is 4.22. The smallest absolute Gasteiger partial charge is 0.407 e. The third-order valence-electron chi connectivity index (χ3n) is 5.89. The van der Waals surface area contributed by atoms with Gasteiger partial charge < -0.3 is 24.4 Å². The summed E-state index contributed by atoms with van der Waals surface area (Å²) in [4.78, 5) is 13.9. The first-order valence-electron chi connectivity index (χ1n) is 12.7. The topological polar surface area (TPSA) is 106 Å². The fourth-order valence-corrected chi connectivity index (χ4v) is 5.86. The third-order valence-corrected chi connectivity index (χ3v) is 7.90. The van der Waals surface area contributed by atoms with E-state index in [4.69, 9.17) is 37.4 Å². The lowest BCUT2D eigenvalue weighted by Gasteiger charge is -2.33. The van der Waals surface area contributed by atoms with Gasteiger partial charge in [-0.05, 0) is 68.8 Å². The highest BCUT2D eigenvalue weighted by molar-refractivity contribution is 7.89. The zero-order chi connectivity index (χ0) is 28.6. The lowest BCUT2D eigenvalue weighted by Crippen LogP contribution is -2.34. The highest BCUT2D eigenvalue weighted by Gasteiger charge is 2.28. The van der Waals surface area contributed by atoms with Gasteiger partial charge in [0.25, 0.3) is 0 Å². The standard InChI is InChI=1S/C27H37Cl2N3O6S/c1-27(2,3)38-26(33)30-8-10-36-12-13-37-11-9-31-39(34,35)21-7-5-6-19(14-21)23-17-32(4)18-24-22(23)15-20(28)16-25(24)29/h5-7,14-16,23,31H,8-13,17-18H2,1-4H3,(H,30,33). The summed E-state index contributed by atoms with van der Waals surface area (Å²) in [5, 5.41) is 3.77. The van der Waals surface area contributed by atoms with E-state index >= 15 is 0 Å². The molecule has 12 heteroatoms. The lowest BCUT2D eigenvalue weighted by molar-refractivity contribution is 0.0408. The number of hydrogen-bond donors (Lipinski definition) is 2. The van der Waals surface area contributed by atoms with Crippen LogP contribution in [0.15, 0.2) is 41.3 Å². The Bertz CT molecular complexity index is 1240. The van der Waals surface area contributed by atoms with E-state index in [0.717, 1.165) is 16.7 Å². The second kappa shape index (κ2) is 14.1. The van der Waals surface area contributed by atoms with Gasteiger partial charge in [0.1, 0.15) is 5.60 Å². The van der Waals surface area contributed by atoms with Gasteiger partial charge in [-0.3, -0.25) is 0 Å². The second-order valence-electron chi connectivity index (χ2n) is 10.3. The number of hydrogen-bond acceptors (Lipinski definition) is 7. The number of nitrogens with zero attached hydrogens (tertiary/aromatic N) is 1. The summed E-state index contributed by atoms with van der Waals surface area (Å²) >= 11 is 12.8. The molecule has 1 amide bonds. The monoisotopic (exact) mass is 601 g/mol. The highest BCUT2D eigenvalue weighted by atomic mass is 35.5. The molecule has 0 bridgehead atoms. The van der Waals surface area contributed by atoms with Crippen molar-refractivity contribution in [2.45, 2.75) is 43.7 Å². The van der Waals surface area contributed by atoms with Crippen LogP contribution in [0.1, 0.15) is 43.4 Å². The van der Waals surface area contributed by atoms with E-state index in [1.165, 1.54) is 0 Å². The quantitative estimate of drug-likeness (QED) is 0.347. The normalized spacial score (nSPS) is 16.1. The average molecular weight is 603 g/mol. The number of carbonyl (C=O) groups excluding carboxylic acids is 1. The molecular weight excluding hydrogens is 565 g/mol. The molecule has 1 aliphatic rings. The maximum atomic E-state index is 12.9. The number of ether oxygens (including phenoxy) is 3. The summed E-state index contributed by atoms with van der Waals surface area (Å²) in [7, 11) is -1.72. The molecular formula is C27H37Cl2N3O6S. The van der Waals surface area contributed by atoms with Crippen LogP contribution in [0, 0.1) is 0 Å². The molecule has 39 heavy (non-hydrogen) atoms. The Hall–Kier alpha value is -1.92. The van der Waals surface area contributed by atoms with E-state index < -0.39 is 21.7 Å². The largest absolute Gasteiger partial charge is 0.444 e. The number of alkyl carbamates (subject to hydrolysis) is 1. The molecule has 0 saturated carbocycles. The van der Waals surface area contributed by atoms with Crippen molar-refractivity contribution in [3.05, 3.63) is 63.1 Å². The molecule has 1 aliphatic heterocycles. The first-order chi connectivity index (χ1) is 18.4. The number of halogens is 2. The fraction of sp³-hybridized carbons (Fsp3) is 0.519. The minimum absolute atomic E-state index is 0.0623. The van der Waals surface area contributed by atoms with Crippen molar-refractivity contribution in [1.82, 2.24) is 14.9 Å². The number of benzene rings is 2. The Balaban J connectivity index is 1.44. The van der Waals surface area contributed by atoms with Crippen molar-refractivity contribution in [2.24, 2.45) is 0 Å². The number of rotatable bonds is 12. The minimum Gasteiger partial charge on any atom is -0.444 e. The van der Waals surface area contributed by atoms with Crippen LogP contribution in [0.3, 0.4) is 0 Å². The predicted octanol–water partition coefficient (Wildman–Crippen LogP) is 4.41. The highest BCUT2D eigenvalue weighted by Crippen LogP contribution is 2.38. The predicted molar refractivity (Wildman–Crippen MR) is 152 cm³/mol. The van der Waals surface area contributed by atoms with Crippen LogP contribution < -0.4 is 10.0 Å². The van der Waals surface area contributed by atoms with Gasteiger partial charge in [-0.1, -0.05) is 35.3 Å². The molecule has 1 atom stereocenters. The van der Waals surface area contributed by atoms with Crippen LogP contribution in [0.4, 0.5) is 4.79 Å². The van der Waals surface area contributed by atoms with Gasteiger partial charge in [0.05, 0.1) is 31.3 Å². The molecule has 0 radical (unpaired) electrons. The third kappa shape index (κ3) is 9.89. The van der Waals surface area contributed by atoms with Gasteiger partial charge in [-0.2, -0.15) is 0 Å².